The number of aryl methyl sites for hydroxylation is 2. The first kappa shape index (κ1) is 17.0. The molecule has 2 rings (SSSR count). The molecule has 23 heavy (non-hydrogen) atoms. The van der Waals surface area contributed by atoms with Gasteiger partial charge in [-0.05, 0) is 50.6 Å². The number of carbonyl (C=O) groups is 2. The summed E-state index contributed by atoms with van der Waals surface area (Å²) in [7, 11) is 0. The number of amides is 2. The number of anilines is 1. The molecular formula is C16H18N4O2S. The largest absolute Gasteiger partial charge is 0.366 e. The van der Waals surface area contributed by atoms with Crippen LogP contribution in [0.25, 0.3) is 0 Å². The van der Waals surface area contributed by atoms with Crippen molar-refractivity contribution in [3.8, 4) is 0 Å². The monoisotopic (exact) mass is 330 g/mol. The molecule has 6 nitrogen and oxygen atoms in total. The molecule has 0 bridgehead atoms. The summed E-state index contributed by atoms with van der Waals surface area (Å²) in [6.07, 6.45) is 0. The average Bonchev–Trinajstić information content (AvgIpc) is 2.51. The van der Waals surface area contributed by atoms with Gasteiger partial charge in [-0.3, -0.25) is 9.59 Å². The third-order valence-corrected chi connectivity index (χ3v) is 4.24. The number of rotatable bonds is 5. The van der Waals surface area contributed by atoms with Gasteiger partial charge in [-0.15, -0.1) is 0 Å². The Morgan fingerprint density at radius 2 is 1.65 bits per heavy atom. The van der Waals surface area contributed by atoms with Crippen LogP contribution in [0.5, 0.6) is 0 Å². The van der Waals surface area contributed by atoms with Crippen molar-refractivity contribution in [2.75, 3.05) is 11.1 Å². The van der Waals surface area contributed by atoms with Gasteiger partial charge in [0.15, 0.2) is 5.16 Å². The Labute approximate surface area is 138 Å². The highest BCUT2D eigenvalue weighted by Crippen LogP contribution is 2.17. The van der Waals surface area contributed by atoms with E-state index in [1.54, 1.807) is 24.3 Å². The minimum Gasteiger partial charge on any atom is -0.366 e. The van der Waals surface area contributed by atoms with Crippen molar-refractivity contribution >= 4 is 29.3 Å². The molecule has 1 aromatic heterocycles. The Hall–Kier alpha value is -2.41. The third-order valence-electron chi connectivity index (χ3n) is 3.40. The molecule has 0 radical (unpaired) electrons. The van der Waals surface area contributed by atoms with E-state index in [0.717, 1.165) is 17.0 Å². The van der Waals surface area contributed by atoms with Gasteiger partial charge in [0.25, 0.3) is 0 Å². The lowest BCUT2D eigenvalue weighted by atomic mass is 10.2. The maximum absolute atomic E-state index is 12.0. The number of nitrogens with two attached hydrogens (primary N) is 1. The molecule has 0 fully saturated rings. The van der Waals surface area contributed by atoms with Gasteiger partial charge in [-0.1, -0.05) is 11.8 Å². The Morgan fingerprint density at radius 1 is 1.09 bits per heavy atom. The minimum absolute atomic E-state index is 0.165. The number of aromatic nitrogens is 2. The van der Waals surface area contributed by atoms with Crippen molar-refractivity contribution in [3.63, 3.8) is 0 Å². The van der Waals surface area contributed by atoms with E-state index < -0.39 is 5.91 Å². The van der Waals surface area contributed by atoms with E-state index in [4.69, 9.17) is 5.73 Å². The number of primary amides is 1. The van der Waals surface area contributed by atoms with Gasteiger partial charge >= 0.3 is 0 Å². The maximum Gasteiger partial charge on any atom is 0.248 e. The van der Waals surface area contributed by atoms with E-state index in [2.05, 4.69) is 15.3 Å². The lowest BCUT2D eigenvalue weighted by molar-refractivity contribution is -0.113. The second kappa shape index (κ2) is 7.23. The molecule has 0 unspecified atom stereocenters. The Morgan fingerprint density at radius 3 is 2.17 bits per heavy atom. The van der Waals surface area contributed by atoms with Crippen molar-refractivity contribution in [1.29, 1.82) is 0 Å². The molecule has 3 N–H and O–H groups in total. The highest BCUT2D eigenvalue weighted by Gasteiger charge is 2.09. The first-order chi connectivity index (χ1) is 10.9. The second-order valence-corrected chi connectivity index (χ2v) is 6.02. The number of benzene rings is 1. The zero-order valence-corrected chi connectivity index (χ0v) is 14.0. The molecule has 2 amide bonds. The molecule has 0 aliphatic heterocycles. The van der Waals surface area contributed by atoms with Crippen LogP contribution in [0.3, 0.4) is 0 Å². The van der Waals surface area contributed by atoms with Crippen LogP contribution in [-0.4, -0.2) is 27.5 Å². The van der Waals surface area contributed by atoms with Crippen LogP contribution in [-0.2, 0) is 4.79 Å². The van der Waals surface area contributed by atoms with Gasteiger partial charge < -0.3 is 11.1 Å². The predicted octanol–water partition coefficient (Wildman–Crippen LogP) is 2.23. The van der Waals surface area contributed by atoms with Crippen LogP contribution in [0.4, 0.5) is 5.69 Å². The number of thioether (sulfide) groups is 1. The zero-order valence-electron chi connectivity index (χ0n) is 13.2. The number of hydrogen-bond acceptors (Lipinski definition) is 5. The minimum atomic E-state index is -0.499. The SMILES string of the molecule is Cc1nc(SCC(=O)Nc2ccc(C(N)=O)cc2)nc(C)c1C. The summed E-state index contributed by atoms with van der Waals surface area (Å²) in [6, 6.07) is 6.42. The summed E-state index contributed by atoms with van der Waals surface area (Å²) in [4.78, 5) is 31.7. The van der Waals surface area contributed by atoms with E-state index in [1.165, 1.54) is 11.8 Å². The zero-order chi connectivity index (χ0) is 17.0. The van der Waals surface area contributed by atoms with Crippen molar-refractivity contribution < 1.29 is 9.59 Å². The summed E-state index contributed by atoms with van der Waals surface area (Å²) in [6.45, 7) is 5.82. The van der Waals surface area contributed by atoms with Crippen molar-refractivity contribution in [2.24, 2.45) is 5.73 Å². The Kier molecular flexibility index (Phi) is 5.33. The van der Waals surface area contributed by atoms with Crippen LogP contribution in [0.1, 0.15) is 27.3 Å². The van der Waals surface area contributed by atoms with E-state index >= 15 is 0 Å². The lowest BCUT2D eigenvalue weighted by Crippen LogP contribution is -2.15. The first-order valence-corrected chi connectivity index (χ1v) is 7.99. The highest BCUT2D eigenvalue weighted by molar-refractivity contribution is 7.99. The van der Waals surface area contributed by atoms with Gasteiger partial charge in [0.1, 0.15) is 0 Å². The van der Waals surface area contributed by atoms with Gasteiger partial charge in [-0.25, -0.2) is 9.97 Å². The molecule has 1 aromatic carbocycles. The van der Waals surface area contributed by atoms with Crippen molar-refractivity contribution in [3.05, 3.63) is 46.8 Å². The first-order valence-electron chi connectivity index (χ1n) is 7.01. The molecule has 7 heteroatoms. The molecule has 0 saturated carbocycles. The summed E-state index contributed by atoms with van der Waals surface area (Å²) in [5, 5.41) is 3.34. The molecule has 0 saturated heterocycles. The lowest BCUT2D eigenvalue weighted by Gasteiger charge is -2.07. The van der Waals surface area contributed by atoms with Crippen molar-refractivity contribution in [1.82, 2.24) is 9.97 Å². The molecular weight excluding hydrogens is 312 g/mol. The summed E-state index contributed by atoms with van der Waals surface area (Å²) < 4.78 is 0. The Balaban J connectivity index is 1.93. The van der Waals surface area contributed by atoms with Gasteiger partial charge in [0, 0.05) is 22.6 Å². The van der Waals surface area contributed by atoms with Gasteiger partial charge in [-0.2, -0.15) is 0 Å². The highest BCUT2D eigenvalue weighted by atomic mass is 32.2. The smallest absolute Gasteiger partial charge is 0.248 e. The molecule has 120 valence electrons. The molecule has 0 spiro atoms. The van der Waals surface area contributed by atoms with Crippen LogP contribution < -0.4 is 11.1 Å². The van der Waals surface area contributed by atoms with Crippen LogP contribution >= 0.6 is 11.8 Å². The fraction of sp³-hybridized carbons (Fsp3) is 0.250. The van der Waals surface area contributed by atoms with Gasteiger partial charge in [0.2, 0.25) is 11.8 Å². The van der Waals surface area contributed by atoms with Gasteiger partial charge in [0.05, 0.1) is 5.75 Å². The van der Waals surface area contributed by atoms with Crippen LogP contribution in [0.2, 0.25) is 0 Å². The normalized spacial score (nSPS) is 10.4. The fourth-order valence-electron chi connectivity index (χ4n) is 1.85. The topological polar surface area (TPSA) is 98.0 Å². The molecule has 0 aliphatic rings. The summed E-state index contributed by atoms with van der Waals surface area (Å²) in [5.41, 5.74) is 9.08. The van der Waals surface area contributed by atoms with E-state index in [0.29, 0.717) is 16.4 Å². The quantitative estimate of drug-likeness (QED) is 0.647. The van der Waals surface area contributed by atoms with Crippen molar-refractivity contribution in [2.45, 2.75) is 25.9 Å². The number of nitrogens with zero attached hydrogens (tertiary/aromatic N) is 2. The third kappa shape index (κ3) is 4.53. The van der Waals surface area contributed by atoms with E-state index in [-0.39, 0.29) is 11.7 Å². The number of nitrogens with one attached hydrogen (secondary N) is 1. The second-order valence-electron chi connectivity index (χ2n) is 5.08. The predicted molar refractivity (Wildman–Crippen MR) is 90.6 cm³/mol. The van der Waals surface area contributed by atoms with Crippen LogP contribution in [0, 0.1) is 20.8 Å². The summed E-state index contributed by atoms with van der Waals surface area (Å²) >= 11 is 1.28. The van der Waals surface area contributed by atoms with Crippen LogP contribution in [0.15, 0.2) is 29.4 Å². The number of hydrogen-bond donors (Lipinski definition) is 2. The van der Waals surface area contributed by atoms with E-state index in [1.807, 2.05) is 20.8 Å². The molecule has 0 atom stereocenters. The Bertz CT molecular complexity index is 721. The molecule has 0 aliphatic carbocycles. The van der Waals surface area contributed by atoms with E-state index in [9.17, 15) is 9.59 Å². The molecule has 1 heterocycles. The molecule has 2 aromatic rings. The summed E-state index contributed by atoms with van der Waals surface area (Å²) in [5.74, 6) is -0.457. The number of carbonyl (C=O) groups excluding carboxylic acids is 2. The fourth-order valence-corrected chi connectivity index (χ4v) is 2.59. The maximum atomic E-state index is 12.0. The average molecular weight is 330 g/mol. The standard InChI is InChI=1S/C16H18N4O2S/c1-9-10(2)18-16(19-11(9)3)23-8-14(21)20-13-6-4-12(5-7-13)15(17)22/h4-7H,8H2,1-3H3,(H2,17,22)(H,20,21).